The molecule has 1 aromatic rings. The van der Waals surface area contributed by atoms with Gasteiger partial charge in [-0.05, 0) is 44.9 Å². The van der Waals surface area contributed by atoms with Gasteiger partial charge in [0.2, 0.25) is 5.91 Å². The van der Waals surface area contributed by atoms with E-state index in [1.165, 1.54) is 12.1 Å². The highest BCUT2D eigenvalue weighted by Gasteiger charge is 2.61. The zero-order chi connectivity index (χ0) is 16.6. The Hall–Kier alpha value is -2.11. The van der Waals surface area contributed by atoms with E-state index in [1.807, 2.05) is 13.8 Å². The van der Waals surface area contributed by atoms with Crippen LogP contribution in [0.4, 0.5) is 14.9 Å². The highest BCUT2D eigenvalue weighted by atomic mass is 19.1. The lowest BCUT2D eigenvalue weighted by atomic mass is 10.0. The molecule has 0 aromatic heterocycles. The van der Waals surface area contributed by atoms with E-state index in [0.29, 0.717) is 18.8 Å². The molecule has 2 fully saturated rings. The molecule has 2 N–H and O–H groups in total. The van der Waals surface area contributed by atoms with Gasteiger partial charge in [0.25, 0.3) is 0 Å². The second-order valence-electron chi connectivity index (χ2n) is 6.89. The number of halogens is 1. The molecular weight excluding hydrogens is 297 g/mol. The molecule has 1 aromatic carbocycles. The molecule has 1 spiro atoms. The summed E-state index contributed by atoms with van der Waals surface area (Å²) in [6.45, 7) is 5.15. The summed E-state index contributed by atoms with van der Waals surface area (Å²) >= 11 is 0. The van der Waals surface area contributed by atoms with Gasteiger partial charge in [0.1, 0.15) is 5.82 Å². The second-order valence-corrected chi connectivity index (χ2v) is 6.89. The number of benzene rings is 1. The fourth-order valence-electron chi connectivity index (χ4n) is 3.37. The van der Waals surface area contributed by atoms with Gasteiger partial charge in [-0.1, -0.05) is 6.07 Å². The zero-order valence-corrected chi connectivity index (χ0v) is 13.4. The standard InChI is InChI=1S/C17H22FN3O2/c1-11(2)19-16(23)21-7-6-17(10-21)9-14(17)15(22)20-13-5-3-4-12(18)8-13/h3-5,8,11,14H,6-7,9-10H2,1-2H3,(H,19,23)(H,20,22)/t14-,17+/m0/s1. The predicted molar refractivity (Wildman–Crippen MR) is 85.4 cm³/mol. The van der Waals surface area contributed by atoms with Crippen LogP contribution in [0, 0.1) is 17.2 Å². The van der Waals surface area contributed by atoms with Crippen LogP contribution >= 0.6 is 0 Å². The minimum atomic E-state index is -0.370. The molecule has 1 saturated heterocycles. The van der Waals surface area contributed by atoms with Crippen molar-refractivity contribution < 1.29 is 14.0 Å². The van der Waals surface area contributed by atoms with E-state index in [0.717, 1.165) is 12.8 Å². The Morgan fingerprint density at radius 2 is 2.17 bits per heavy atom. The summed E-state index contributed by atoms with van der Waals surface area (Å²) in [4.78, 5) is 26.2. The van der Waals surface area contributed by atoms with E-state index in [-0.39, 0.29) is 35.1 Å². The summed E-state index contributed by atoms with van der Waals surface area (Å²) in [5.74, 6) is -0.546. The van der Waals surface area contributed by atoms with Gasteiger partial charge in [-0.15, -0.1) is 0 Å². The van der Waals surface area contributed by atoms with Crippen LogP contribution in [0.1, 0.15) is 26.7 Å². The van der Waals surface area contributed by atoms with E-state index >= 15 is 0 Å². The number of carbonyl (C=O) groups excluding carboxylic acids is 2. The van der Waals surface area contributed by atoms with Crippen molar-refractivity contribution in [1.82, 2.24) is 10.2 Å². The Morgan fingerprint density at radius 1 is 1.39 bits per heavy atom. The summed E-state index contributed by atoms with van der Waals surface area (Å²) < 4.78 is 13.2. The molecule has 0 unspecified atom stereocenters. The molecule has 5 nitrogen and oxygen atoms in total. The number of nitrogens with zero attached hydrogens (tertiary/aromatic N) is 1. The van der Waals surface area contributed by atoms with Gasteiger partial charge >= 0.3 is 6.03 Å². The normalized spacial score (nSPS) is 25.7. The number of rotatable bonds is 3. The lowest BCUT2D eigenvalue weighted by molar-refractivity contribution is -0.118. The van der Waals surface area contributed by atoms with Crippen molar-refractivity contribution >= 4 is 17.6 Å². The first-order valence-electron chi connectivity index (χ1n) is 8.01. The SMILES string of the molecule is CC(C)NC(=O)N1CC[C@@]2(C[C@H]2C(=O)Nc2cccc(F)c2)C1. The van der Waals surface area contributed by atoms with Crippen molar-refractivity contribution in [2.45, 2.75) is 32.7 Å². The smallest absolute Gasteiger partial charge is 0.317 e. The number of anilines is 1. The zero-order valence-electron chi connectivity index (χ0n) is 13.4. The minimum absolute atomic E-state index is 0.0620. The van der Waals surface area contributed by atoms with Gasteiger partial charge in [0.05, 0.1) is 0 Å². The monoisotopic (exact) mass is 319 g/mol. The molecule has 0 radical (unpaired) electrons. The third-order valence-electron chi connectivity index (χ3n) is 4.68. The molecule has 0 bridgehead atoms. The van der Waals surface area contributed by atoms with Crippen LogP contribution in [0.25, 0.3) is 0 Å². The Labute approximate surface area is 135 Å². The number of likely N-dealkylation sites (tertiary alicyclic amines) is 1. The van der Waals surface area contributed by atoms with Crippen molar-refractivity contribution in [3.63, 3.8) is 0 Å². The molecule has 1 heterocycles. The van der Waals surface area contributed by atoms with Gasteiger partial charge in [-0.3, -0.25) is 4.79 Å². The van der Waals surface area contributed by atoms with Crippen molar-refractivity contribution in [3.8, 4) is 0 Å². The first-order valence-corrected chi connectivity index (χ1v) is 8.01. The Balaban J connectivity index is 1.56. The van der Waals surface area contributed by atoms with Gasteiger partial charge in [-0.25, -0.2) is 9.18 Å². The number of carbonyl (C=O) groups is 2. The van der Waals surface area contributed by atoms with E-state index in [4.69, 9.17) is 0 Å². The van der Waals surface area contributed by atoms with Crippen molar-refractivity contribution in [2.75, 3.05) is 18.4 Å². The second kappa shape index (κ2) is 5.83. The van der Waals surface area contributed by atoms with Crippen molar-refractivity contribution in [2.24, 2.45) is 11.3 Å². The molecular formula is C17H22FN3O2. The summed E-state index contributed by atoms with van der Waals surface area (Å²) in [7, 11) is 0. The molecule has 3 amide bonds. The molecule has 6 heteroatoms. The highest BCUT2D eigenvalue weighted by Crippen LogP contribution is 2.58. The lowest BCUT2D eigenvalue weighted by Gasteiger charge is -2.19. The van der Waals surface area contributed by atoms with Crippen LogP contribution in [-0.4, -0.2) is 36.0 Å². The summed E-state index contributed by atoms with van der Waals surface area (Å²) in [5, 5.41) is 5.66. The first-order chi connectivity index (χ1) is 10.9. The number of nitrogens with one attached hydrogen (secondary N) is 2. The first kappa shape index (κ1) is 15.8. The average molecular weight is 319 g/mol. The lowest BCUT2D eigenvalue weighted by Crippen LogP contribution is -2.42. The number of hydrogen-bond acceptors (Lipinski definition) is 2. The molecule has 2 atom stereocenters. The van der Waals surface area contributed by atoms with E-state index < -0.39 is 0 Å². The number of urea groups is 1. The van der Waals surface area contributed by atoms with Crippen LogP contribution in [0.2, 0.25) is 0 Å². The third-order valence-corrected chi connectivity index (χ3v) is 4.68. The molecule has 2 aliphatic rings. The maximum Gasteiger partial charge on any atom is 0.317 e. The number of hydrogen-bond donors (Lipinski definition) is 2. The summed E-state index contributed by atoms with van der Waals surface area (Å²) in [5.41, 5.74) is 0.385. The van der Waals surface area contributed by atoms with Crippen LogP contribution < -0.4 is 10.6 Å². The summed E-state index contributed by atoms with van der Waals surface area (Å²) in [6.07, 6.45) is 1.64. The van der Waals surface area contributed by atoms with Gasteiger partial charge in [0, 0.05) is 36.2 Å². The van der Waals surface area contributed by atoms with Gasteiger partial charge in [-0.2, -0.15) is 0 Å². The van der Waals surface area contributed by atoms with E-state index in [2.05, 4.69) is 10.6 Å². The Morgan fingerprint density at radius 3 is 2.87 bits per heavy atom. The van der Waals surface area contributed by atoms with E-state index in [1.54, 1.807) is 17.0 Å². The third kappa shape index (κ3) is 3.30. The van der Waals surface area contributed by atoms with E-state index in [9.17, 15) is 14.0 Å². The quantitative estimate of drug-likeness (QED) is 0.899. The minimum Gasteiger partial charge on any atom is -0.336 e. The fourth-order valence-corrected chi connectivity index (χ4v) is 3.37. The van der Waals surface area contributed by atoms with Crippen LogP contribution in [0.5, 0.6) is 0 Å². The van der Waals surface area contributed by atoms with Gasteiger partial charge < -0.3 is 15.5 Å². The Kier molecular flexibility index (Phi) is 4.00. The van der Waals surface area contributed by atoms with Crippen LogP contribution in [0.3, 0.4) is 0 Å². The maximum absolute atomic E-state index is 13.2. The highest BCUT2D eigenvalue weighted by molar-refractivity contribution is 5.95. The molecule has 3 rings (SSSR count). The summed E-state index contributed by atoms with van der Waals surface area (Å²) in [6, 6.07) is 5.94. The predicted octanol–water partition coefficient (Wildman–Crippen LogP) is 2.59. The van der Waals surface area contributed by atoms with Crippen LogP contribution in [0.15, 0.2) is 24.3 Å². The molecule has 23 heavy (non-hydrogen) atoms. The maximum atomic E-state index is 13.2. The average Bonchev–Trinajstić information content (AvgIpc) is 2.98. The molecule has 1 aliphatic carbocycles. The molecule has 1 aliphatic heterocycles. The fraction of sp³-hybridized carbons (Fsp3) is 0.529. The Bertz CT molecular complexity index is 634. The number of amides is 3. The largest absolute Gasteiger partial charge is 0.336 e. The molecule has 1 saturated carbocycles. The molecule has 124 valence electrons. The van der Waals surface area contributed by atoms with Crippen molar-refractivity contribution in [3.05, 3.63) is 30.1 Å². The topological polar surface area (TPSA) is 61.4 Å². The van der Waals surface area contributed by atoms with Gasteiger partial charge in [0.15, 0.2) is 0 Å². The van der Waals surface area contributed by atoms with Crippen LogP contribution in [-0.2, 0) is 4.79 Å². The van der Waals surface area contributed by atoms with Crippen molar-refractivity contribution in [1.29, 1.82) is 0 Å².